The highest BCUT2D eigenvalue weighted by molar-refractivity contribution is 7.89. The molecule has 0 atom stereocenters. The molecule has 0 aromatic carbocycles. The first-order valence-corrected chi connectivity index (χ1v) is 11.5. The van der Waals surface area contributed by atoms with Crippen molar-refractivity contribution in [3.05, 3.63) is 16.1 Å². The molecule has 2 rings (SSSR count). The van der Waals surface area contributed by atoms with E-state index in [0.717, 1.165) is 29.5 Å². The van der Waals surface area contributed by atoms with E-state index in [4.69, 9.17) is 0 Å². The van der Waals surface area contributed by atoms with Crippen LogP contribution in [0.4, 0.5) is 0 Å². The summed E-state index contributed by atoms with van der Waals surface area (Å²) >= 11 is 1.65. The molecule has 0 bridgehead atoms. The minimum atomic E-state index is -3.08. The number of nitrogens with zero attached hydrogens (tertiary/aromatic N) is 3. The van der Waals surface area contributed by atoms with Crippen LogP contribution in [0.5, 0.6) is 0 Å². The molecule has 1 aromatic rings. The van der Waals surface area contributed by atoms with Crippen LogP contribution in [0.25, 0.3) is 0 Å². The molecular weight excluding hydrogens is 370 g/mol. The molecule has 7 nitrogen and oxygen atoms in total. The number of guanidine groups is 1. The second-order valence-corrected chi connectivity index (χ2v) is 10.7. The predicted octanol–water partition coefficient (Wildman–Crippen LogP) is 1.92. The Labute approximate surface area is 161 Å². The summed E-state index contributed by atoms with van der Waals surface area (Å²) < 4.78 is 25.5. The number of thiazole rings is 1. The molecule has 0 radical (unpaired) electrons. The van der Waals surface area contributed by atoms with Gasteiger partial charge in [-0.05, 0) is 19.8 Å². The lowest BCUT2D eigenvalue weighted by Crippen LogP contribution is -2.49. The van der Waals surface area contributed by atoms with Crippen LogP contribution in [0.3, 0.4) is 0 Å². The third-order valence-electron chi connectivity index (χ3n) is 4.50. The van der Waals surface area contributed by atoms with Gasteiger partial charge in [0, 0.05) is 37.0 Å². The number of nitrogens with one attached hydrogen (secondary N) is 2. The van der Waals surface area contributed by atoms with Gasteiger partial charge in [-0.1, -0.05) is 20.8 Å². The van der Waals surface area contributed by atoms with Gasteiger partial charge in [0.25, 0.3) is 0 Å². The average molecular weight is 402 g/mol. The minimum absolute atomic E-state index is 0.0570. The number of rotatable bonds is 5. The van der Waals surface area contributed by atoms with E-state index in [-0.39, 0.29) is 17.2 Å². The number of piperidine rings is 1. The van der Waals surface area contributed by atoms with Crippen LogP contribution in [-0.4, -0.2) is 55.6 Å². The highest BCUT2D eigenvalue weighted by atomic mass is 32.2. The van der Waals surface area contributed by atoms with Crippen molar-refractivity contribution in [3.63, 3.8) is 0 Å². The van der Waals surface area contributed by atoms with Crippen molar-refractivity contribution in [3.8, 4) is 0 Å². The van der Waals surface area contributed by atoms with Gasteiger partial charge < -0.3 is 10.6 Å². The number of sulfonamides is 1. The Balaban J connectivity index is 1.83. The van der Waals surface area contributed by atoms with Crippen LogP contribution in [0, 0.1) is 0 Å². The van der Waals surface area contributed by atoms with E-state index in [9.17, 15) is 8.42 Å². The Morgan fingerprint density at radius 3 is 2.54 bits per heavy atom. The normalized spacial score (nSPS) is 18.1. The van der Waals surface area contributed by atoms with Crippen LogP contribution in [0.15, 0.2) is 10.4 Å². The molecule has 2 heterocycles. The van der Waals surface area contributed by atoms with Gasteiger partial charge >= 0.3 is 0 Å². The maximum absolute atomic E-state index is 11.9. The molecule has 148 valence electrons. The summed E-state index contributed by atoms with van der Waals surface area (Å²) in [6.45, 7) is 9.91. The summed E-state index contributed by atoms with van der Waals surface area (Å²) in [4.78, 5) is 8.96. The Bertz CT molecular complexity index is 714. The zero-order valence-electron chi connectivity index (χ0n) is 16.4. The van der Waals surface area contributed by atoms with Crippen molar-refractivity contribution in [2.24, 2.45) is 4.99 Å². The van der Waals surface area contributed by atoms with Crippen LogP contribution in [0.2, 0.25) is 0 Å². The van der Waals surface area contributed by atoms with Gasteiger partial charge in [0.2, 0.25) is 10.0 Å². The molecule has 0 unspecified atom stereocenters. The summed E-state index contributed by atoms with van der Waals surface area (Å²) in [5.74, 6) is 0.896. The van der Waals surface area contributed by atoms with Crippen molar-refractivity contribution >= 4 is 27.3 Å². The van der Waals surface area contributed by atoms with Gasteiger partial charge in [0.05, 0.1) is 18.0 Å². The molecule has 2 N–H and O–H groups in total. The molecule has 1 aliphatic heterocycles. The Morgan fingerprint density at radius 2 is 2.04 bits per heavy atom. The van der Waals surface area contributed by atoms with E-state index in [1.807, 2.05) is 0 Å². The van der Waals surface area contributed by atoms with Crippen molar-refractivity contribution in [2.45, 2.75) is 58.5 Å². The van der Waals surface area contributed by atoms with E-state index in [2.05, 4.69) is 46.8 Å². The Kier molecular flexibility index (Phi) is 7.04. The van der Waals surface area contributed by atoms with Crippen LogP contribution in [-0.2, 0) is 22.0 Å². The molecule has 0 aliphatic carbocycles. The zero-order chi connectivity index (χ0) is 19.4. The average Bonchev–Trinajstić information content (AvgIpc) is 3.08. The molecule has 0 spiro atoms. The minimum Gasteiger partial charge on any atom is -0.354 e. The van der Waals surface area contributed by atoms with Crippen molar-refractivity contribution in [1.82, 2.24) is 19.9 Å². The maximum atomic E-state index is 11.9. The first-order chi connectivity index (χ1) is 12.2. The number of aromatic nitrogens is 1. The molecule has 0 amide bonds. The van der Waals surface area contributed by atoms with Crippen LogP contribution in [0.1, 0.15) is 51.2 Å². The fourth-order valence-electron chi connectivity index (χ4n) is 2.74. The number of hydrogen-bond acceptors (Lipinski definition) is 5. The van der Waals surface area contributed by atoms with Gasteiger partial charge in [-0.3, -0.25) is 4.99 Å². The van der Waals surface area contributed by atoms with E-state index < -0.39 is 10.0 Å². The summed E-state index contributed by atoms with van der Waals surface area (Å²) in [5, 5.41) is 9.84. The molecule has 1 fully saturated rings. The highest BCUT2D eigenvalue weighted by Crippen LogP contribution is 2.23. The monoisotopic (exact) mass is 401 g/mol. The summed E-state index contributed by atoms with van der Waals surface area (Å²) in [7, 11) is -1.34. The quantitative estimate of drug-likeness (QED) is 0.581. The number of hydrogen-bond donors (Lipinski definition) is 2. The smallest absolute Gasteiger partial charge is 0.213 e. The summed E-state index contributed by atoms with van der Waals surface area (Å²) in [6.07, 6.45) is 1.57. The van der Waals surface area contributed by atoms with E-state index in [0.29, 0.717) is 19.6 Å². The SMILES string of the molecule is CCS(=O)(=O)N1CCC(NC(=NC)NCc2nc(C(C)(C)C)cs2)CC1. The largest absolute Gasteiger partial charge is 0.354 e. The third kappa shape index (κ3) is 5.65. The first kappa shape index (κ1) is 21.1. The fraction of sp³-hybridized carbons (Fsp3) is 0.765. The summed E-state index contributed by atoms with van der Waals surface area (Å²) in [5.41, 5.74) is 1.16. The van der Waals surface area contributed by atoms with Gasteiger partial charge in [-0.15, -0.1) is 11.3 Å². The van der Waals surface area contributed by atoms with Crippen molar-refractivity contribution in [1.29, 1.82) is 0 Å². The van der Waals surface area contributed by atoms with Crippen molar-refractivity contribution < 1.29 is 8.42 Å². The molecule has 1 saturated heterocycles. The van der Waals surface area contributed by atoms with Gasteiger partial charge in [0.15, 0.2) is 5.96 Å². The van der Waals surface area contributed by atoms with E-state index in [1.165, 1.54) is 0 Å². The molecule has 0 saturated carbocycles. The zero-order valence-corrected chi connectivity index (χ0v) is 18.0. The maximum Gasteiger partial charge on any atom is 0.213 e. The lowest BCUT2D eigenvalue weighted by molar-refractivity contribution is 0.306. The van der Waals surface area contributed by atoms with Gasteiger partial charge in [-0.2, -0.15) is 0 Å². The Hall–Kier alpha value is -1.19. The topological polar surface area (TPSA) is 86.7 Å². The highest BCUT2D eigenvalue weighted by Gasteiger charge is 2.27. The van der Waals surface area contributed by atoms with Gasteiger partial charge in [0.1, 0.15) is 5.01 Å². The van der Waals surface area contributed by atoms with Crippen LogP contribution >= 0.6 is 11.3 Å². The van der Waals surface area contributed by atoms with Gasteiger partial charge in [-0.25, -0.2) is 17.7 Å². The molecule has 9 heteroatoms. The lowest BCUT2D eigenvalue weighted by Gasteiger charge is -2.32. The van der Waals surface area contributed by atoms with Crippen molar-refractivity contribution in [2.75, 3.05) is 25.9 Å². The second-order valence-electron chi connectivity index (χ2n) is 7.52. The second kappa shape index (κ2) is 8.67. The molecule has 26 heavy (non-hydrogen) atoms. The predicted molar refractivity (Wildman–Crippen MR) is 108 cm³/mol. The lowest BCUT2D eigenvalue weighted by atomic mass is 9.93. The Morgan fingerprint density at radius 1 is 1.38 bits per heavy atom. The molecule has 1 aromatic heterocycles. The molecular formula is C17H31N5O2S2. The standard InChI is InChI=1S/C17H31N5O2S2/c1-6-26(23,24)22-9-7-13(8-10-22)20-16(18-5)19-11-15-21-14(12-25-15)17(2,3)4/h12-13H,6-11H2,1-5H3,(H2,18,19,20). The van der Waals surface area contributed by atoms with E-state index >= 15 is 0 Å². The fourth-order valence-corrected chi connectivity index (χ4v) is 4.84. The molecule has 1 aliphatic rings. The number of aliphatic imine (C=N–C) groups is 1. The first-order valence-electron chi connectivity index (χ1n) is 9.05. The third-order valence-corrected chi connectivity index (χ3v) is 7.23. The summed E-state index contributed by atoms with van der Waals surface area (Å²) in [6, 6.07) is 0.228. The van der Waals surface area contributed by atoms with Crippen LogP contribution < -0.4 is 10.6 Å². The van der Waals surface area contributed by atoms with E-state index in [1.54, 1.807) is 29.6 Å².